The maximum atomic E-state index is 12.1. The van der Waals surface area contributed by atoms with Crippen LogP contribution in [0, 0.1) is 0 Å². The summed E-state index contributed by atoms with van der Waals surface area (Å²) in [5.41, 5.74) is 0.337. The highest BCUT2D eigenvalue weighted by Crippen LogP contribution is 2.58. The maximum Gasteiger partial charge on any atom is 0.303 e. The predicted molar refractivity (Wildman–Crippen MR) is 118 cm³/mol. The van der Waals surface area contributed by atoms with Gasteiger partial charge in [-0.1, -0.05) is 6.07 Å². The minimum atomic E-state index is -0.985. The van der Waals surface area contributed by atoms with Crippen molar-refractivity contribution in [2.75, 3.05) is 20.7 Å². The van der Waals surface area contributed by atoms with Gasteiger partial charge in [-0.2, -0.15) is 0 Å². The molecule has 1 aliphatic carbocycles. The van der Waals surface area contributed by atoms with Crippen molar-refractivity contribution in [2.24, 2.45) is 0 Å². The first kappa shape index (κ1) is 25.3. The SMILES string of the molecule is COc1ccc(COC(C)=O)c2c1O[C@H]1[C@@H](OC(C)=O)CC[C@@H](OC(C)=O)[C@@]21CCN(C)C=O. The van der Waals surface area contributed by atoms with Gasteiger partial charge in [0, 0.05) is 39.9 Å². The van der Waals surface area contributed by atoms with Crippen LogP contribution in [-0.4, -0.2) is 68.2 Å². The third-order valence-corrected chi connectivity index (χ3v) is 6.39. The third-order valence-electron chi connectivity index (χ3n) is 6.39. The van der Waals surface area contributed by atoms with E-state index in [1.54, 1.807) is 19.2 Å². The lowest BCUT2D eigenvalue weighted by atomic mass is 9.62. The van der Waals surface area contributed by atoms with Crippen molar-refractivity contribution in [3.63, 3.8) is 0 Å². The van der Waals surface area contributed by atoms with Gasteiger partial charge in [-0.05, 0) is 30.9 Å². The number of ether oxygens (including phenoxy) is 5. The lowest BCUT2D eigenvalue weighted by molar-refractivity contribution is -0.174. The Kier molecular flexibility index (Phi) is 7.68. The van der Waals surface area contributed by atoms with Crippen molar-refractivity contribution in [2.45, 2.75) is 70.4 Å². The van der Waals surface area contributed by atoms with Crippen LogP contribution in [-0.2, 0) is 45.4 Å². The van der Waals surface area contributed by atoms with Crippen LogP contribution >= 0.6 is 0 Å². The van der Waals surface area contributed by atoms with Crippen LogP contribution in [0.1, 0.15) is 51.2 Å². The molecular formula is C24H31NO9. The Morgan fingerprint density at radius 2 is 1.82 bits per heavy atom. The molecule has 0 saturated heterocycles. The van der Waals surface area contributed by atoms with Crippen LogP contribution in [0.4, 0.5) is 0 Å². The number of rotatable bonds is 9. The number of hydrogen-bond donors (Lipinski definition) is 0. The number of amides is 1. The van der Waals surface area contributed by atoms with Gasteiger partial charge in [0.05, 0.1) is 12.5 Å². The summed E-state index contributed by atoms with van der Waals surface area (Å²) < 4.78 is 28.8. The number of methoxy groups -OCH3 is 1. The average Bonchev–Trinajstić information content (AvgIpc) is 3.14. The van der Waals surface area contributed by atoms with E-state index in [4.69, 9.17) is 23.7 Å². The van der Waals surface area contributed by atoms with Gasteiger partial charge in [-0.3, -0.25) is 19.2 Å². The van der Waals surface area contributed by atoms with E-state index < -0.39 is 41.6 Å². The lowest BCUT2D eigenvalue weighted by Gasteiger charge is -2.47. The van der Waals surface area contributed by atoms with Crippen LogP contribution in [0.25, 0.3) is 0 Å². The smallest absolute Gasteiger partial charge is 0.303 e. The van der Waals surface area contributed by atoms with E-state index in [1.165, 1.54) is 32.8 Å². The molecule has 10 heteroatoms. The number of fused-ring (bicyclic) bond motifs is 3. The van der Waals surface area contributed by atoms with Gasteiger partial charge in [0.2, 0.25) is 6.41 Å². The third kappa shape index (κ3) is 4.80. The average molecular weight is 478 g/mol. The molecule has 0 aromatic heterocycles. The van der Waals surface area contributed by atoms with Crippen molar-refractivity contribution < 1.29 is 42.9 Å². The van der Waals surface area contributed by atoms with Crippen molar-refractivity contribution in [1.82, 2.24) is 4.90 Å². The highest BCUT2D eigenvalue weighted by molar-refractivity contribution is 5.69. The van der Waals surface area contributed by atoms with Crippen molar-refractivity contribution in [3.8, 4) is 11.5 Å². The molecule has 1 amide bonds. The van der Waals surface area contributed by atoms with Crippen LogP contribution in [0.15, 0.2) is 12.1 Å². The fraction of sp³-hybridized carbons (Fsp3) is 0.583. The summed E-state index contributed by atoms with van der Waals surface area (Å²) in [6.45, 7) is 4.26. The van der Waals surface area contributed by atoms with Crippen LogP contribution in [0.5, 0.6) is 11.5 Å². The Hall–Kier alpha value is -3.30. The summed E-state index contributed by atoms with van der Waals surface area (Å²) >= 11 is 0. The molecule has 34 heavy (non-hydrogen) atoms. The molecule has 0 spiro atoms. The minimum absolute atomic E-state index is 0.0337. The Morgan fingerprint density at radius 3 is 2.41 bits per heavy atom. The summed E-state index contributed by atoms with van der Waals surface area (Å²) in [6.07, 6.45) is -0.0844. The molecule has 0 unspecified atom stereocenters. The van der Waals surface area contributed by atoms with E-state index >= 15 is 0 Å². The number of benzene rings is 1. The second-order valence-electron chi connectivity index (χ2n) is 8.65. The molecular weight excluding hydrogens is 446 g/mol. The molecule has 186 valence electrons. The molecule has 0 N–H and O–H groups in total. The Bertz CT molecular complexity index is 962. The second kappa shape index (κ2) is 10.3. The first-order valence-corrected chi connectivity index (χ1v) is 11.1. The normalized spacial score (nSPS) is 24.7. The largest absolute Gasteiger partial charge is 0.493 e. The van der Waals surface area contributed by atoms with E-state index in [9.17, 15) is 19.2 Å². The summed E-state index contributed by atoms with van der Waals surface area (Å²) in [5, 5.41) is 0. The molecule has 1 aliphatic heterocycles. The second-order valence-corrected chi connectivity index (χ2v) is 8.65. The lowest BCUT2D eigenvalue weighted by Crippen LogP contribution is -2.60. The van der Waals surface area contributed by atoms with Crippen LogP contribution in [0.2, 0.25) is 0 Å². The molecule has 4 atom stereocenters. The summed E-state index contributed by atoms with van der Waals surface area (Å²) in [5.74, 6) is -0.505. The summed E-state index contributed by atoms with van der Waals surface area (Å²) in [6, 6.07) is 3.49. The van der Waals surface area contributed by atoms with Gasteiger partial charge in [-0.25, -0.2) is 0 Å². The standard InChI is InChI=1S/C24H31NO9/c1-14(27)31-12-17-6-7-18(30-5)22-21(17)24(10-11-25(4)13-26)20(33-16(3)29)9-8-19(23(24)34-22)32-15(2)28/h6-7,13,19-20,23H,8-12H2,1-5H3/t19-,20+,23-,24-/m0/s1. The number of esters is 3. The van der Waals surface area contributed by atoms with Crippen LogP contribution < -0.4 is 9.47 Å². The summed E-state index contributed by atoms with van der Waals surface area (Å²) in [7, 11) is 3.15. The van der Waals surface area contributed by atoms with Gasteiger partial charge in [0.15, 0.2) is 11.5 Å². The fourth-order valence-corrected chi connectivity index (χ4v) is 5.08. The molecule has 0 radical (unpaired) electrons. The molecule has 10 nitrogen and oxygen atoms in total. The van der Waals surface area contributed by atoms with E-state index in [2.05, 4.69) is 0 Å². The van der Waals surface area contributed by atoms with Gasteiger partial charge in [0.25, 0.3) is 0 Å². The summed E-state index contributed by atoms with van der Waals surface area (Å²) in [4.78, 5) is 48.5. The Morgan fingerprint density at radius 1 is 1.12 bits per heavy atom. The first-order chi connectivity index (χ1) is 16.1. The predicted octanol–water partition coefficient (Wildman–Crippen LogP) is 1.89. The van der Waals surface area contributed by atoms with E-state index in [0.29, 0.717) is 54.8 Å². The number of nitrogens with zero attached hydrogens (tertiary/aromatic N) is 1. The zero-order valence-corrected chi connectivity index (χ0v) is 20.1. The number of carbonyl (C=O) groups excluding carboxylic acids is 4. The number of carbonyl (C=O) groups is 4. The molecule has 0 bridgehead atoms. The molecule has 1 fully saturated rings. The highest BCUT2D eigenvalue weighted by atomic mass is 16.6. The van der Waals surface area contributed by atoms with Gasteiger partial charge in [0.1, 0.15) is 24.9 Å². The molecule has 1 aromatic rings. The van der Waals surface area contributed by atoms with Crippen molar-refractivity contribution in [1.29, 1.82) is 0 Å². The van der Waals surface area contributed by atoms with Gasteiger partial charge >= 0.3 is 17.9 Å². The fourth-order valence-electron chi connectivity index (χ4n) is 5.08. The molecule has 3 rings (SSSR count). The Balaban J connectivity index is 2.25. The first-order valence-electron chi connectivity index (χ1n) is 11.1. The topological polar surface area (TPSA) is 118 Å². The zero-order chi connectivity index (χ0) is 25.0. The monoisotopic (exact) mass is 477 g/mol. The molecule has 1 aromatic carbocycles. The molecule has 2 aliphatic rings. The maximum absolute atomic E-state index is 12.1. The van der Waals surface area contributed by atoms with E-state index in [-0.39, 0.29) is 6.61 Å². The van der Waals surface area contributed by atoms with Crippen LogP contribution in [0.3, 0.4) is 0 Å². The van der Waals surface area contributed by atoms with Crippen molar-refractivity contribution >= 4 is 24.3 Å². The van der Waals surface area contributed by atoms with Gasteiger partial charge < -0.3 is 28.6 Å². The highest BCUT2D eigenvalue weighted by Gasteiger charge is 2.62. The zero-order valence-electron chi connectivity index (χ0n) is 20.1. The quantitative estimate of drug-likeness (QED) is 0.298. The van der Waals surface area contributed by atoms with Gasteiger partial charge in [-0.15, -0.1) is 0 Å². The number of hydrogen-bond acceptors (Lipinski definition) is 9. The minimum Gasteiger partial charge on any atom is -0.493 e. The Labute approximate surface area is 198 Å². The molecule has 1 saturated carbocycles. The van der Waals surface area contributed by atoms with E-state index in [1.807, 2.05) is 0 Å². The van der Waals surface area contributed by atoms with E-state index in [0.717, 1.165) is 0 Å². The van der Waals surface area contributed by atoms with Crippen molar-refractivity contribution in [3.05, 3.63) is 23.3 Å². The molecule has 1 heterocycles.